The number of methoxy groups -OCH3 is 1. The van der Waals surface area contributed by atoms with Crippen molar-refractivity contribution in [3.63, 3.8) is 0 Å². The number of aliphatic hydroxyl groups excluding tert-OH is 1. The second-order valence-electron chi connectivity index (χ2n) is 9.13. The van der Waals surface area contributed by atoms with Gasteiger partial charge in [0.2, 0.25) is 0 Å². The minimum Gasteiger partial charge on any atom is -0.469 e. The summed E-state index contributed by atoms with van der Waals surface area (Å²) in [6.45, 7) is 5.95. The molecule has 1 aromatic heterocycles. The minimum atomic E-state index is -0.704. The van der Waals surface area contributed by atoms with E-state index in [-0.39, 0.29) is 18.2 Å². The third-order valence-electron chi connectivity index (χ3n) is 5.99. The zero-order valence-corrected chi connectivity index (χ0v) is 20.3. The molecule has 0 radical (unpaired) electrons. The highest BCUT2D eigenvalue weighted by atomic mass is 16.7. The van der Waals surface area contributed by atoms with E-state index in [0.29, 0.717) is 25.7 Å². The van der Waals surface area contributed by atoms with E-state index in [1.54, 1.807) is 0 Å². The van der Waals surface area contributed by atoms with Gasteiger partial charge in [-0.2, -0.15) is 0 Å². The van der Waals surface area contributed by atoms with Gasteiger partial charge >= 0.3 is 5.97 Å². The fourth-order valence-corrected chi connectivity index (χ4v) is 4.28. The number of fused-ring (bicyclic) bond motifs is 1. The average Bonchev–Trinajstić information content (AvgIpc) is 3.10. The molecule has 1 fully saturated rings. The summed E-state index contributed by atoms with van der Waals surface area (Å²) in [5.41, 5.74) is 2.47. The number of hydrogen-bond acceptors (Lipinski definition) is 6. The Morgan fingerprint density at radius 3 is 2.79 bits per heavy atom. The number of carbonyl (C=O) groups excluding carboxylic acids is 1. The molecule has 0 saturated carbocycles. The number of ether oxygens (including phenoxy) is 3. The Bertz CT molecular complexity index is 955. The monoisotopic (exact) mass is 455 g/mol. The maximum absolute atomic E-state index is 11.5. The van der Waals surface area contributed by atoms with Crippen LogP contribution in [0.2, 0.25) is 0 Å². The molecular weight excluding hydrogens is 418 g/mol. The number of esters is 1. The molecule has 1 aromatic carbocycles. The first kappa shape index (κ1) is 25.3. The minimum absolute atomic E-state index is 0.167. The summed E-state index contributed by atoms with van der Waals surface area (Å²) in [6, 6.07) is 9.99. The van der Waals surface area contributed by atoms with Crippen LogP contribution in [0.4, 0.5) is 0 Å². The summed E-state index contributed by atoms with van der Waals surface area (Å²) in [5.74, 6) is -0.924. The van der Waals surface area contributed by atoms with Crippen LogP contribution < -0.4 is 0 Å². The van der Waals surface area contributed by atoms with Crippen molar-refractivity contribution in [2.24, 2.45) is 0 Å². The van der Waals surface area contributed by atoms with Gasteiger partial charge in [0.05, 0.1) is 30.5 Å². The van der Waals surface area contributed by atoms with Crippen LogP contribution in [0.25, 0.3) is 17.0 Å². The number of hydrogen-bond donors (Lipinski definition) is 1. The average molecular weight is 456 g/mol. The van der Waals surface area contributed by atoms with E-state index in [9.17, 15) is 9.90 Å². The van der Waals surface area contributed by atoms with E-state index in [1.807, 2.05) is 56.3 Å². The molecule has 0 amide bonds. The Balaban J connectivity index is 1.82. The molecule has 0 bridgehead atoms. The van der Waals surface area contributed by atoms with E-state index >= 15 is 0 Å². The SMILES string of the molecule is CCCCC[C@H](O)c1cc2ccccc2nc1/C=C/[C@H]1OC(C)(C)O[C@H]1CCCC(=O)OC. The van der Waals surface area contributed by atoms with Crippen LogP contribution in [-0.4, -0.2) is 41.2 Å². The molecule has 33 heavy (non-hydrogen) atoms. The molecule has 6 nitrogen and oxygen atoms in total. The third-order valence-corrected chi connectivity index (χ3v) is 5.99. The van der Waals surface area contributed by atoms with Gasteiger partial charge in [0, 0.05) is 17.4 Å². The van der Waals surface area contributed by atoms with E-state index in [4.69, 9.17) is 19.2 Å². The molecule has 0 aliphatic carbocycles. The van der Waals surface area contributed by atoms with Gasteiger partial charge in [0.1, 0.15) is 6.10 Å². The molecule has 180 valence electrons. The maximum Gasteiger partial charge on any atom is 0.305 e. The van der Waals surface area contributed by atoms with E-state index < -0.39 is 11.9 Å². The normalized spacial score (nSPS) is 21.0. The molecule has 0 unspecified atom stereocenters. The summed E-state index contributed by atoms with van der Waals surface area (Å²) in [7, 11) is 1.40. The number of para-hydroxylation sites is 1. The van der Waals surface area contributed by atoms with Crippen LogP contribution in [-0.2, 0) is 19.0 Å². The molecule has 1 saturated heterocycles. The molecule has 1 N–H and O–H groups in total. The number of benzene rings is 1. The van der Waals surface area contributed by atoms with E-state index in [2.05, 4.69) is 6.92 Å². The molecule has 6 heteroatoms. The molecule has 2 aromatic rings. The van der Waals surface area contributed by atoms with Crippen LogP contribution in [0.5, 0.6) is 0 Å². The van der Waals surface area contributed by atoms with Gasteiger partial charge in [0.15, 0.2) is 5.79 Å². The highest BCUT2D eigenvalue weighted by molar-refractivity contribution is 5.81. The lowest BCUT2D eigenvalue weighted by atomic mass is 9.98. The predicted molar refractivity (Wildman–Crippen MR) is 130 cm³/mol. The van der Waals surface area contributed by atoms with Gasteiger partial charge in [-0.05, 0) is 51.3 Å². The first-order valence-corrected chi connectivity index (χ1v) is 12.0. The zero-order valence-electron chi connectivity index (χ0n) is 20.3. The molecule has 0 spiro atoms. The highest BCUT2D eigenvalue weighted by Crippen LogP contribution is 2.33. The van der Waals surface area contributed by atoms with Crippen molar-refractivity contribution in [3.8, 4) is 0 Å². The Morgan fingerprint density at radius 2 is 2.03 bits per heavy atom. The maximum atomic E-state index is 11.5. The van der Waals surface area contributed by atoms with Crippen molar-refractivity contribution in [1.29, 1.82) is 0 Å². The smallest absolute Gasteiger partial charge is 0.305 e. The lowest BCUT2D eigenvalue weighted by Crippen LogP contribution is -2.21. The summed E-state index contributed by atoms with van der Waals surface area (Å²) in [4.78, 5) is 16.3. The lowest BCUT2D eigenvalue weighted by Gasteiger charge is -2.16. The summed E-state index contributed by atoms with van der Waals surface area (Å²) in [6.07, 6.45) is 8.50. The second kappa shape index (κ2) is 11.7. The van der Waals surface area contributed by atoms with Crippen molar-refractivity contribution in [2.75, 3.05) is 7.11 Å². The largest absolute Gasteiger partial charge is 0.469 e. The van der Waals surface area contributed by atoms with Gasteiger partial charge < -0.3 is 19.3 Å². The van der Waals surface area contributed by atoms with Crippen molar-refractivity contribution < 1.29 is 24.1 Å². The van der Waals surface area contributed by atoms with Gasteiger partial charge in [-0.25, -0.2) is 4.98 Å². The van der Waals surface area contributed by atoms with Crippen molar-refractivity contribution >= 4 is 22.9 Å². The Morgan fingerprint density at radius 1 is 1.24 bits per heavy atom. The number of unbranched alkanes of at least 4 members (excludes halogenated alkanes) is 2. The van der Waals surface area contributed by atoms with Crippen LogP contribution in [0.3, 0.4) is 0 Å². The molecule has 1 aliphatic heterocycles. The Labute approximate surface area is 197 Å². The van der Waals surface area contributed by atoms with Crippen LogP contribution in [0, 0.1) is 0 Å². The molecule has 3 atom stereocenters. The summed E-state index contributed by atoms with van der Waals surface area (Å²) < 4.78 is 16.9. The first-order valence-electron chi connectivity index (χ1n) is 12.0. The van der Waals surface area contributed by atoms with Gasteiger partial charge in [-0.1, -0.05) is 50.5 Å². The molecule has 2 heterocycles. The van der Waals surface area contributed by atoms with E-state index in [0.717, 1.165) is 41.4 Å². The first-order chi connectivity index (χ1) is 15.8. The Kier molecular flexibility index (Phi) is 9.01. The lowest BCUT2D eigenvalue weighted by molar-refractivity contribution is -0.144. The zero-order chi connectivity index (χ0) is 23.8. The van der Waals surface area contributed by atoms with Crippen LogP contribution in [0.1, 0.15) is 83.1 Å². The molecule has 3 rings (SSSR count). The summed E-state index contributed by atoms with van der Waals surface area (Å²) >= 11 is 0. The predicted octanol–water partition coefficient (Wildman–Crippen LogP) is 5.73. The fraction of sp³-hybridized carbons (Fsp3) is 0.556. The number of aromatic nitrogens is 1. The third kappa shape index (κ3) is 7.10. The second-order valence-corrected chi connectivity index (χ2v) is 9.13. The fourth-order valence-electron chi connectivity index (χ4n) is 4.28. The standard InChI is InChI=1S/C27H37NO5/c1-5-6-7-13-23(29)20-18-19-11-8-9-12-21(19)28-22(20)16-17-25-24(32-27(2,3)33-25)14-10-15-26(30)31-4/h8-9,11-12,16-18,23-25,29H,5-7,10,13-15H2,1-4H3/b17-16+/t23-,24-,25+/m0/s1. The molecular formula is C27H37NO5. The van der Waals surface area contributed by atoms with Crippen molar-refractivity contribution in [3.05, 3.63) is 47.7 Å². The van der Waals surface area contributed by atoms with E-state index in [1.165, 1.54) is 7.11 Å². The van der Waals surface area contributed by atoms with Crippen molar-refractivity contribution in [2.45, 2.75) is 89.8 Å². The van der Waals surface area contributed by atoms with Gasteiger partial charge in [0.25, 0.3) is 0 Å². The summed E-state index contributed by atoms with van der Waals surface area (Å²) in [5, 5.41) is 11.9. The highest BCUT2D eigenvalue weighted by Gasteiger charge is 2.39. The number of aliphatic hydroxyl groups is 1. The van der Waals surface area contributed by atoms with Gasteiger partial charge in [-0.3, -0.25) is 4.79 Å². The van der Waals surface area contributed by atoms with Crippen molar-refractivity contribution in [1.82, 2.24) is 4.98 Å². The van der Waals surface area contributed by atoms with Crippen LogP contribution >= 0.6 is 0 Å². The number of rotatable bonds is 11. The quantitative estimate of drug-likeness (QED) is 0.345. The topological polar surface area (TPSA) is 77.9 Å². The molecule has 1 aliphatic rings. The number of carbonyl (C=O) groups is 1. The Hall–Kier alpha value is -2.28. The van der Waals surface area contributed by atoms with Crippen LogP contribution in [0.15, 0.2) is 36.4 Å². The number of pyridine rings is 1. The van der Waals surface area contributed by atoms with Gasteiger partial charge in [-0.15, -0.1) is 0 Å². The number of nitrogens with zero attached hydrogens (tertiary/aromatic N) is 1.